The molecule has 0 aromatic carbocycles. The highest BCUT2D eigenvalue weighted by Gasteiger charge is 2.32. The van der Waals surface area contributed by atoms with Crippen molar-refractivity contribution in [2.45, 2.75) is 58.6 Å². The minimum absolute atomic E-state index is 0.0294. The summed E-state index contributed by atoms with van der Waals surface area (Å²) in [4.78, 5) is 18.6. The van der Waals surface area contributed by atoms with Crippen LogP contribution in [0.3, 0.4) is 0 Å². The second kappa shape index (κ2) is 5.92. The van der Waals surface area contributed by atoms with Gasteiger partial charge in [0.1, 0.15) is 11.4 Å². The molecule has 0 spiro atoms. The van der Waals surface area contributed by atoms with E-state index < -0.39 is 5.60 Å². The van der Waals surface area contributed by atoms with E-state index in [1.807, 2.05) is 38.7 Å². The number of rotatable bonds is 1. The van der Waals surface area contributed by atoms with Crippen molar-refractivity contribution in [3.8, 4) is 0 Å². The highest BCUT2D eigenvalue weighted by Crippen LogP contribution is 2.33. The molecule has 5 nitrogen and oxygen atoms in total. The summed E-state index contributed by atoms with van der Waals surface area (Å²) in [6.45, 7) is 8.33. The fraction of sp³-hybridized carbons (Fsp3) is 0.625. The van der Waals surface area contributed by atoms with Crippen molar-refractivity contribution in [2.24, 2.45) is 0 Å². The van der Waals surface area contributed by atoms with Gasteiger partial charge in [0.15, 0.2) is 0 Å². The van der Waals surface area contributed by atoms with E-state index >= 15 is 0 Å². The number of amides is 1. The zero-order chi connectivity index (χ0) is 15.6. The van der Waals surface area contributed by atoms with E-state index in [1.165, 1.54) is 0 Å². The number of nitrogens with two attached hydrogens (primary N) is 1. The Bertz CT molecular complexity index is 523. The summed E-state index contributed by atoms with van der Waals surface area (Å²) in [5, 5.41) is 0. The average molecular weight is 291 g/mol. The van der Waals surface area contributed by atoms with Crippen molar-refractivity contribution in [3.05, 3.63) is 23.4 Å². The molecular formula is C16H25N3O2. The fourth-order valence-electron chi connectivity index (χ4n) is 2.74. The zero-order valence-corrected chi connectivity index (χ0v) is 13.3. The van der Waals surface area contributed by atoms with Crippen LogP contribution in [0.4, 0.5) is 10.6 Å². The molecule has 2 heterocycles. The van der Waals surface area contributed by atoms with Gasteiger partial charge in [0, 0.05) is 12.2 Å². The van der Waals surface area contributed by atoms with Crippen LogP contribution in [0.5, 0.6) is 0 Å². The minimum atomic E-state index is -0.479. The lowest BCUT2D eigenvalue weighted by Crippen LogP contribution is -2.42. The Kier molecular flexibility index (Phi) is 4.40. The number of hydrogen-bond donors (Lipinski definition) is 1. The summed E-state index contributed by atoms with van der Waals surface area (Å²) in [5.74, 6) is 0.510. The number of carbonyl (C=O) groups is 1. The van der Waals surface area contributed by atoms with Gasteiger partial charge in [-0.1, -0.05) is 6.07 Å². The van der Waals surface area contributed by atoms with Gasteiger partial charge in [0.25, 0.3) is 0 Å². The van der Waals surface area contributed by atoms with Crippen molar-refractivity contribution in [3.63, 3.8) is 0 Å². The molecule has 1 saturated heterocycles. The van der Waals surface area contributed by atoms with Crippen molar-refractivity contribution < 1.29 is 9.53 Å². The molecule has 1 amide bonds. The number of pyridine rings is 1. The number of nitrogen functional groups attached to an aromatic ring is 1. The third-order valence-electron chi connectivity index (χ3n) is 3.64. The molecule has 1 atom stereocenters. The average Bonchev–Trinajstić information content (AvgIpc) is 2.37. The van der Waals surface area contributed by atoms with Gasteiger partial charge in [0.2, 0.25) is 0 Å². The molecule has 2 rings (SSSR count). The molecule has 1 aliphatic rings. The lowest BCUT2D eigenvalue weighted by atomic mass is 9.94. The Morgan fingerprint density at radius 2 is 2.10 bits per heavy atom. The van der Waals surface area contributed by atoms with Crippen LogP contribution in [0, 0.1) is 6.92 Å². The van der Waals surface area contributed by atoms with Gasteiger partial charge in [0.05, 0.1) is 6.04 Å². The molecule has 0 aliphatic carbocycles. The summed E-state index contributed by atoms with van der Waals surface area (Å²) in [7, 11) is 0. The number of anilines is 1. The number of likely N-dealkylation sites (tertiary alicyclic amines) is 1. The lowest BCUT2D eigenvalue weighted by molar-refractivity contribution is 0.00942. The third kappa shape index (κ3) is 3.86. The molecule has 1 aromatic heterocycles. The highest BCUT2D eigenvalue weighted by atomic mass is 16.6. The Balaban J connectivity index is 2.24. The van der Waals surface area contributed by atoms with Gasteiger partial charge in [-0.2, -0.15) is 0 Å². The number of hydrogen-bond acceptors (Lipinski definition) is 4. The minimum Gasteiger partial charge on any atom is -0.444 e. The first-order valence-corrected chi connectivity index (χ1v) is 7.50. The number of aryl methyl sites for hydroxylation is 1. The standard InChI is InChI=1S/C16H25N3O2/c1-11-12(8-9-14(17)18-11)13-7-5-6-10-19(13)15(20)21-16(2,3)4/h8-9,13H,5-7,10H2,1-4H3,(H2,17,18)/t13-/m1/s1. The molecule has 5 heteroatoms. The third-order valence-corrected chi connectivity index (χ3v) is 3.64. The van der Waals surface area contributed by atoms with Crippen LogP contribution < -0.4 is 5.73 Å². The first-order chi connectivity index (χ1) is 9.78. The smallest absolute Gasteiger partial charge is 0.410 e. The van der Waals surface area contributed by atoms with Crippen molar-refractivity contribution in [1.29, 1.82) is 0 Å². The first kappa shape index (κ1) is 15.6. The SMILES string of the molecule is Cc1nc(N)ccc1[C@H]1CCCCN1C(=O)OC(C)(C)C. The zero-order valence-electron chi connectivity index (χ0n) is 13.3. The summed E-state index contributed by atoms with van der Waals surface area (Å²) in [6.07, 6.45) is 2.81. The molecular weight excluding hydrogens is 266 g/mol. The molecule has 1 aliphatic heterocycles. The van der Waals surface area contributed by atoms with Gasteiger partial charge in [-0.05, 0) is 58.6 Å². The van der Waals surface area contributed by atoms with Crippen LogP contribution >= 0.6 is 0 Å². The summed E-state index contributed by atoms with van der Waals surface area (Å²) >= 11 is 0. The van der Waals surface area contributed by atoms with E-state index in [1.54, 1.807) is 6.07 Å². The molecule has 21 heavy (non-hydrogen) atoms. The maximum atomic E-state index is 12.4. The Morgan fingerprint density at radius 3 is 2.71 bits per heavy atom. The Hall–Kier alpha value is -1.78. The van der Waals surface area contributed by atoms with Crippen LogP contribution in [0.1, 0.15) is 57.3 Å². The lowest BCUT2D eigenvalue weighted by Gasteiger charge is -2.37. The number of nitrogens with zero attached hydrogens (tertiary/aromatic N) is 2. The summed E-state index contributed by atoms with van der Waals surface area (Å²) in [5.41, 5.74) is 7.19. The topological polar surface area (TPSA) is 68.5 Å². The molecule has 1 fully saturated rings. The van der Waals surface area contributed by atoms with E-state index in [-0.39, 0.29) is 12.1 Å². The summed E-state index contributed by atoms with van der Waals surface area (Å²) in [6, 6.07) is 3.80. The monoisotopic (exact) mass is 291 g/mol. The molecule has 0 bridgehead atoms. The molecule has 0 radical (unpaired) electrons. The maximum absolute atomic E-state index is 12.4. The normalized spacial score (nSPS) is 19.4. The van der Waals surface area contributed by atoms with Gasteiger partial charge >= 0.3 is 6.09 Å². The van der Waals surface area contributed by atoms with Gasteiger partial charge in [-0.3, -0.25) is 0 Å². The molecule has 0 unspecified atom stereocenters. The van der Waals surface area contributed by atoms with E-state index in [0.717, 1.165) is 37.1 Å². The predicted octanol–water partition coefficient (Wildman–Crippen LogP) is 3.43. The first-order valence-electron chi connectivity index (χ1n) is 7.50. The number of ether oxygens (including phenoxy) is 1. The largest absolute Gasteiger partial charge is 0.444 e. The fourth-order valence-corrected chi connectivity index (χ4v) is 2.74. The Morgan fingerprint density at radius 1 is 1.38 bits per heavy atom. The molecule has 0 saturated carbocycles. The van der Waals surface area contributed by atoms with Crippen LogP contribution in [-0.2, 0) is 4.74 Å². The van der Waals surface area contributed by atoms with Crippen LogP contribution in [-0.4, -0.2) is 28.1 Å². The van der Waals surface area contributed by atoms with Crippen molar-refractivity contribution in [2.75, 3.05) is 12.3 Å². The number of aromatic nitrogens is 1. The quantitative estimate of drug-likeness (QED) is 0.860. The van der Waals surface area contributed by atoms with Crippen molar-refractivity contribution >= 4 is 11.9 Å². The number of piperidine rings is 1. The van der Waals surface area contributed by atoms with E-state index in [2.05, 4.69) is 4.98 Å². The second-order valence-electron chi connectivity index (χ2n) is 6.60. The van der Waals surface area contributed by atoms with Crippen LogP contribution in [0.25, 0.3) is 0 Å². The highest BCUT2D eigenvalue weighted by molar-refractivity contribution is 5.69. The van der Waals surface area contributed by atoms with E-state index in [0.29, 0.717) is 5.82 Å². The molecule has 2 N–H and O–H groups in total. The second-order valence-corrected chi connectivity index (χ2v) is 6.60. The molecule has 1 aromatic rings. The van der Waals surface area contributed by atoms with Crippen LogP contribution in [0.2, 0.25) is 0 Å². The summed E-state index contributed by atoms with van der Waals surface area (Å²) < 4.78 is 5.53. The predicted molar refractivity (Wildman–Crippen MR) is 82.9 cm³/mol. The van der Waals surface area contributed by atoms with Gasteiger partial charge < -0.3 is 15.4 Å². The van der Waals surface area contributed by atoms with E-state index in [4.69, 9.17) is 10.5 Å². The van der Waals surface area contributed by atoms with Gasteiger partial charge in [-0.25, -0.2) is 9.78 Å². The Labute approximate surface area is 126 Å². The maximum Gasteiger partial charge on any atom is 0.410 e. The number of carbonyl (C=O) groups excluding carboxylic acids is 1. The van der Waals surface area contributed by atoms with Crippen molar-refractivity contribution in [1.82, 2.24) is 9.88 Å². The van der Waals surface area contributed by atoms with Crippen LogP contribution in [0.15, 0.2) is 12.1 Å². The van der Waals surface area contributed by atoms with E-state index in [9.17, 15) is 4.79 Å². The van der Waals surface area contributed by atoms with Gasteiger partial charge in [-0.15, -0.1) is 0 Å². The molecule has 116 valence electrons.